The van der Waals surface area contributed by atoms with E-state index in [2.05, 4.69) is 11.8 Å². The van der Waals surface area contributed by atoms with Crippen LogP contribution in [0.15, 0.2) is 77.7 Å². The topological polar surface area (TPSA) is 60.2 Å². The van der Waals surface area contributed by atoms with Crippen LogP contribution < -0.4 is 0 Å². The summed E-state index contributed by atoms with van der Waals surface area (Å²) in [6.45, 7) is 1.49. The predicted molar refractivity (Wildman–Crippen MR) is 114 cm³/mol. The molecule has 0 amide bonds. The van der Waals surface area contributed by atoms with Crippen molar-refractivity contribution in [1.29, 1.82) is 0 Å². The van der Waals surface area contributed by atoms with E-state index in [4.69, 9.17) is 0 Å². The van der Waals surface area contributed by atoms with E-state index in [0.29, 0.717) is 27.1 Å². The molecule has 0 saturated heterocycles. The monoisotopic (exact) mass is 397 g/mol. The average Bonchev–Trinajstić information content (AvgIpc) is 2.97. The lowest BCUT2D eigenvalue weighted by Crippen LogP contribution is -2.16. The van der Waals surface area contributed by atoms with E-state index in [0.717, 1.165) is 22.2 Å². The largest absolute Gasteiger partial charge is 0.618 e. The molecule has 0 bridgehead atoms. The first-order valence-electron chi connectivity index (χ1n) is 8.92. The summed E-state index contributed by atoms with van der Waals surface area (Å²) in [5.41, 5.74) is 2.79. The predicted octanol–water partition coefficient (Wildman–Crippen LogP) is 4.55. The van der Waals surface area contributed by atoms with E-state index in [1.54, 1.807) is 42.5 Å². The Morgan fingerprint density at radius 3 is 2.31 bits per heavy atom. The van der Waals surface area contributed by atoms with E-state index in [1.807, 2.05) is 30.3 Å². The van der Waals surface area contributed by atoms with Crippen molar-refractivity contribution in [2.24, 2.45) is 0 Å². The molecule has 29 heavy (non-hydrogen) atoms. The van der Waals surface area contributed by atoms with Crippen molar-refractivity contribution in [2.45, 2.75) is 11.8 Å². The first-order valence-corrected chi connectivity index (χ1v) is 9.73. The quantitative estimate of drug-likeness (QED) is 0.275. The van der Waals surface area contributed by atoms with Crippen LogP contribution in [0.5, 0.6) is 0 Å². The maximum absolute atomic E-state index is 12.8. The summed E-state index contributed by atoms with van der Waals surface area (Å²) in [5.74, 6) is 5.77. The van der Waals surface area contributed by atoms with Crippen LogP contribution >= 0.6 is 11.8 Å². The third kappa shape index (κ3) is 3.84. The molecule has 4 rings (SSSR count). The molecular formula is C24H15NO3S. The summed E-state index contributed by atoms with van der Waals surface area (Å²) in [4.78, 5) is 24.8. The first kappa shape index (κ1) is 18.7. The van der Waals surface area contributed by atoms with Crippen LogP contribution in [0.25, 0.3) is 0 Å². The van der Waals surface area contributed by atoms with Crippen LogP contribution in [0.3, 0.4) is 0 Å². The third-order valence-electron chi connectivity index (χ3n) is 4.39. The van der Waals surface area contributed by atoms with Crippen LogP contribution in [0.2, 0.25) is 0 Å². The number of rotatable bonds is 2. The fourth-order valence-electron chi connectivity index (χ4n) is 3.07. The highest BCUT2D eigenvalue weighted by Crippen LogP contribution is 2.30. The van der Waals surface area contributed by atoms with Gasteiger partial charge < -0.3 is 5.21 Å². The molecule has 0 aromatic heterocycles. The summed E-state index contributed by atoms with van der Waals surface area (Å²) in [5, 5.41) is 12.8. The number of carbonyl (C=O) groups excluding carboxylic acids is 2. The van der Waals surface area contributed by atoms with Gasteiger partial charge in [-0.25, -0.2) is 0 Å². The Bertz CT molecular complexity index is 1220. The number of ketones is 1. The maximum Gasteiger partial charge on any atom is 0.272 e. The molecule has 0 saturated carbocycles. The highest BCUT2D eigenvalue weighted by Gasteiger charge is 2.36. The van der Waals surface area contributed by atoms with Gasteiger partial charge in [-0.15, -0.1) is 0 Å². The van der Waals surface area contributed by atoms with Crippen molar-refractivity contribution >= 4 is 34.1 Å². The van der Waals surface area contributed by atoms with E-state index >= 15 is 0 Å². The minimum absolute atomic E-state index is 0.0238. The number of nitrogens with zero attached hydrogens (tertiary/aromatic N) is 1. The lowest BCUT2D eigenvalue weighted by Gasteiger charge is -2.03. The molecule has 4 nitrogen and oxygen atoms in total. The Balaban J connectivity index is 1.67. The fourth-order valence-corrected chi connectivity index (χ4v) is 3.67. The smallest absolute Gasteiger partial charge is 0.272 e. The number of fused-ring (bicyclic) bond motifs is 1. The summed E-state index contributed by atoms with van der Waals surface area (Å²) in [6, 6.07) is 21.4. The molecule has 0 N–H and O–H groups in total. The number of thioether (sulfide) groups is 1. The highest BCUT2D eigenvalue weighted by atomic mass is 32.2. The molecule has 0 unspecified atom stereocenters. The molecule has 1 aliphatic rings. The molecule has 0 fully saturated rings. The van der Waals surface area contributed by atoms with Gasteiger partial charge in [-0.05, 0) is 48.5 Å². The van der Waals surface area contributed by atoms with Crippen molar-refractivity contribution in [3.05, 3.63) is 100 Å². The summed E-state index contributed by atoms with van der Waals surface area (Å²) >= 11 is 1.10. The third-order valence-corrected chi connectivity index (χ3v) is 5.19. The highest BCUT2D eigenvalue weighted by molar-refractivity contribution is 8.13. The molecule has 0 atom stereocenters. The van der Waals surface area contributed by atoms with E-state index < -0.39 is 0 Å². The summed E-state index contributed by atoms with van der Waals surface area (Å²) in [6.07, 6.45) is 0. The zero-order valence-electron chi connectivity index (χ0n) is 15.5. The number of hydrogen-bond acceptors (Lipinski definition) is 4. The molecule has 3 aromatic rings. The molecule has 1 aliphatic heterocycles. The van der Waals surface area contributed by atoms with Gasteiger partial charge in [0.05, 0.1) is 5.56 Å². The average molecular weight is 397 g/mol. The van der Waals surface area contributed by atoms with E-state index in [1.165, 1.54) is 6.92 Å². The van der Waals surface area contributed by atoms with Crippen molar-refractivity contribution in [3.63, 3.8) is 0 Å². The molecule has 5 heteroatoms. The number of carbonyl (C=O) groups is 2. The second-order valence-corrected chi connectivity index (χ2v) is 7.69. The Kier molecular flexibility index (Phi) is 5.03. The van der Waals surface area contributed by atoms with Crippen molar-refractivity contribution in [3.8, 4) is 11.8 Å². The fraction of sp³-hybridized carbons (Fsp3) is 0.0417. The Morgan fingerprint density at radius 1 is 0.931 bits per heavy atom. The zero-order chi connectivity index (χ0) is 20.4. The second kappa shape index (κ2) is 7.78. The van der Waals surface area contributed by atoms with Gasteiger partial charge in [0.25, 0.3) is 11.5 Å². The van der Waals surface area contributed by atoms with Crippen LogP contribution in [0, 0.1) is 17.0 Å². The van der Waals surface area contributed by atoms with Gasteiger partial charge in [-0.3, -0.25) is 9.59 Å². The minimum atomic E-state index is -0.315. The normalized spacial score (nSPS) is 12.4. The van der Waals surface area contributed by atoms with Gasteiger partial charge in [0, 0.05) is 29.0 Å². The van der Waals surface area contributed by atoms with E-state index in [-0.39, 0.29) is 16.6 Å². The lowest BCUT2D eigenvalue weighted by atomic mass is 10.0. The van der Waals surface area contributed by atoms with Gasteiger partial charge in [0.2, 0.25) is 5.69 Å². The Hall–Kier alpha value is -3.62. The molecule has 0 spiro atoms. The number of hydrogen-bond donors (Lipinski definition) is 0. The SMILES string of the molecule is CC(=O)Sc1ccc(C2=[N+]([O-])c3cc(C#Cc4ccccc4)ccc3C2=O)cc1. The van der Waals surface area contributed by atoms with Crippen LogP contribution in [0.4, 0.5) is 5.69 Å². The van der Waals surface area contributed by atoms with Crippen molar-refractivity contribution in [2.75, 3.05) is 0 Å². The second-order valence-electron chi connectivity index (χ2n) is 6.44. The summed E-state index contributed by atoms with van der Waals surface area (Å²) < 4.78 is 0.665. The summed E-state index contributed by atoms with van der Waals surface area (Å²) in [7, 11) is 0. The van der Waals surface area contributed by atoms with Crippen molar-refractivity contribution in [1.82, 2.24) is 0 Å². The Labute approximate surface area is 172 Å². The molecule has 1 heterocycles. The first-order chi connectivity index (χ1) is 14.0. The minimum Gasteiger partial charge on any atom is -0.618 e. The molecule has 0 radical (unpaired) electrons. The standard InChI is InChI=1S/C24H15NO3S/c1-16(26)29-20-12-10-19(11-13-20)23-24(27)21-14-9-18(15-22(21)25(23)28)8-7-17-5-3-2-4-6-17/h2-6,9-15H,1H3. The van der Waals surface area contributed by atoms with Crippen LogP contribution in [-0.2, 0) is 4.79 Å². The number of Topliss-reactive ketones (excluding diaryl/α,β-unsaturated/α-hetero) is 1. The van der Waals surface area contributed by atoms with Crippen molar-refractivity contribution < 1.29 is 14.3 Å². The molecule has 0 aliphatic carbocycles. The number of benzene rings is 3. The molecule has 140 valence electrons. The lowest BCUT2D eigenvalue weighted by molar-refractivity contribution is -0.355. The zero-order valence-corrected chi connectivity index (χ0v) is 16.3. The Morgan fingerprint density at radius 2 is 1.62 bits per heavy atom. The van der Waals surface area contributed by atoms with Gasteiger partial charge in [0.15, 0.2) is 5.12 Å². The van der Waals surface area contributed by atoms with Gasteiger partial charge in [0.1, 0.15) is 5.56 Å². The van der Waals surface area contributed by atoms with Gasteiger partial charge >= 0.3 is 0 Å². The maximum atomic E-state index is 12.8. The van der Waals surface area contributed by atoms with Gasteiger partial charge in [-0.1, -0.05) is 41.8 Å². The van der Waals surface area contributed by atoms with E-state index in [9.17, 15) is 14.8 Å². The van der Waals surface area contributed by atoms with Crippen LogP contribution in [0.1, 0.15) is 34.0 Å². The van der Waals surface area contributed by atoms with Gasteiger partial charge in [-0.2, -0.15) is 4.74 Å². The molecular weight excluding hydrogens is 382 g/mol. The van der Waals surface area contributed by atoms with Crippen LogP contribution in [-0.4, -0.2) is 21.3 Å². The molecule has 3 aromatic carbocycles.